The number of hydrogen-bond acceptors (Lipinski definition) is 3. The van der Waals surface area contributed by atoms with Crippen molar-refractivity contribution >= 4 is 63.3 Å². The number of nitrogen functional groups attached to an aromatic ring is 1. The molecule has 106 valence electrons. The highest BCUT2D eigenvalue weighted by Gasteiger charge is 2.19. The largest absolute Gasteiger partial charge is 0.382 e. The second-order valence-electron chi connectivity index (χ2n) is 4.29. The van der Waals surface area contributed by atoms with E-state index in [1.165, 1.54) is 6.07 Å². The first-order chi connectivity index (χ1) is 9.99. The minimum Gasteiger partial charge on any atom is -0.382 e. The molecule has 2 N–H and O–H groups in total. The molecule has 0 aliphatic heterocycles. The Morgan fingerprint density at radius 1 is 0.810 bits per heavy atom. The van der Waals surface area contributed by atoms with Gasteiger partial charge in [0.25, 0.3) is 0 Å². The summed E-state index contributed by atoms with van der Waals surface area (Å²) in [6.45, 7) is 0. The Morgan fingerprint density at radius 3 is 2.10 bits per heavy atom. The van der Waals surface area contributed by atoms with Crippen molar-refractivity contribution in [3.63, 3.8) is 0 Å². The third-order valence-electron chi connectivity index (χ3n) is 2.95. The fraction of sp³-hybridized carbons (Fsp3) is 0. The highest BCUT2D eigenvalue weighted by atomic mass is 35.5. The van der Waals surface area contributed by atoms with Crippen molar-refractivity contribution in [3.8, 4) is 11.3 Å². The highest BCUT2D eigenvalue weighted by Crippen LogP contribution is 2.43. The molecule has 0 saturated carbocycles. The molecule has 0 fully saturated rings. The van der Waals surface area contributed by atoms with Crippen LogP contribution in [-0.2, 0) is 0 Å². The topological polar surface area (TPSA) is 51.8 Å². The van der Waals surface area contributed by atoms with E-state index in [1.807, 2.05) is 24.3 Å². The first kappa shape index (κ1) is 14.7. The third kappa shape index (κ3) is 2.51. The van der Waals surface area contributed by atoms with Gasteiger partial charge in [-0.05, 0) is 18.2 Å². The van der Waals surface area contributed by atoms with Crippen molar-refractivity contribution in [2.75, 3.05) is 5.73 Å². The van der Waals surface area contributed by atoms with Gasteiger partial charge < -0.3 is 5.73 Å². The van der Waals surface area contributed by atoms with Crippen molar-refractivity contribution in [1.29, 1.82) is 0 Å². The van der Waals surface area contributed by atoms with Gasteiger partial charge in [0.15, 0.2) is 5.82 Å². The summed E-state index contributed by atoms with van der Waals surface area (Å²) in [7, 11) is 0. The zero-order valence-corrected chi connectivity index (χ0v) is 13.4. The molecule has 1 aromatic heterocycles. The molecule has 21 heavy (non-hydrogen) atoms. The summed E-state index contributed by atoms with van der Waals surface area (Å²) in [6, 6.07) is 8.86. The van der Waals surface area contributed by atoms with Gasteiger partial charge in [-0.1, -0.05) is 58.5 Å². The number of benzene rings is 2. The molecule has 7 heteroatoms. The van der Waals surface area contributed by atoms with E-state index in [-0.39, 0.29) is 20.9 Å². The molecule has 0 unspecified atom stereocenters. The number of anilines is 1. The van der Waals surface area contributed by atoms with E-state index in [1.54, 1.807) is 0 Å². The van der Waals surface area contributed by atoms with Crippen LogP contribution in [0.25, 0.3) is 22.3 Å². The van der Waals surface area contributed by atoms with Crippen molar-refractivity contribution < 1.29 is 0 Å². The molecular weight excluding hydrogens is 352 g/mol. The minimum atomic E-state index is 0.199. The lowest BCUT2D eigenvalue weighted by molar-refractivity contribution is 1.30. The average Bonchev–Trinajstić information content (AvgIpc) is 2.45. The summed E-state index contributed by atoms with van der Waals surface area (Å²) >= 11 is 24.5. The first-order valence-corrected chi connectivity index (χ1v) is 7.36. The van der Waals surface area contributed by atoms with Gasteiger partial charge in [-0.3, -0.25) is 0 Å². The molecule has 1 heterocycles. The highest BCUT2D eigenvalue weighted by molar-refractivity contribution is 6.51. The van der Waals surface area contributed by atoms with Crippen LogP contribution in [0.4, 0.5) is 5.82 Å². The molecule has 0 spiro atoms. The molecule has 0 bridgehead atoms. The van der Waals surface area contributed by atoms with Crippen LogP contribution in [0.15, 0.2) is 30.3 Å². The predicted octanol–water partition coefficient (Wildman–Crippen LogP) is 5.49. The Balaban J connectivity index is 2.35. The summed E-state index contributed by atoms with van der Waals surface area (Å²) in [5.74, 6) is 0.218. The number of nitrogens with two attached hydrogens (primary N) is 1. The SMILES string of the molecule is Nc1nc2ccccc2nc1-c1c(Cl)cc(Cl)c(Cl)c1Cl. The summed E-state index contributed by atoms with van der Waals surface area (Å²) in [4.78, 5) is 8.79. The number of nitrogens with zero attached hydrogens (tertiary/aromatic N) is 2. The van der Waals surface area contributed by atoms with Gasteiger partial charge in [0.05, 0.1) is 31.1 Å². The molecule has 3 rings (SSSR count). The maximum atomic E-state index is 6.24. The average molecular weight is 359 g/mol. The maximum Gasteiger partial charge on any atom is 0.150 e. The molecule has 0 aliphatic carbocycles. The lowest BCUT2D eigenvalue weighted by Gasteiger charge is -2.12. The molecule has 0 amide bonds. The first-order valence-electron chi connectivity index (χ1n) is 5.84. The molecular formula is C14H7Cl4N3. The maximum absolute atomic E-state index is 6.24. The summed E-state index contributed by atoms with van der Waals surface area (Å²) in [5, 5.41) is 0.978. The number of hydrogen-bond donors (Lipinski definition) is 1. The Labute approximate surface area is 140 Å². The van der Waals surface area contributed by atoms with Crippen LogP contribution in [0.1, 0.15) is 0 Å². The second kappa shape index (κ2) is 5.50. The summed E-state index contributed by atoms with van der Waals surface area (Å²) < 4.78 is 0. The minimum absolute atomic E-state index is 0.199. The van der Waals surface area contributed by atoms with Crippen molar-refractivity contribution in [2.24, 2.45) is 0 Å². The van der Waals surface area contributed by atoms with Gasteiger partial charge >= 0.3 is 0 Å². The van der Waals surface area contributed by atoms with Crippen LogP contribution in [0.3, 0.4) is 0 Å². The van der Waals surface area contributed by atoms with Crippen molar-refractivity contribution in [1.82, 2.24) is 9.97 Å². The van der Waals surface area contributed by atoms with Gasteiger partial charge in [0.1, 0.15) is 5.69 Å². The lowest BCUT2D eigenvalue weighted by atomic mass is 10.1. The van der Waals surface area contributed by atoms with Crippen molar-refractivity contribution in [3.05, 3.63) is 50.4 Å². The van der Waals surface area contributed by atoms with Gasteiger partial charge in [0, 0.05) is 5.56 Å². The van der Waals surface area contributed by atoms with Crippen LogP contribution < -0.4 is 5.73 Å². The number of para-hydroxylation sites is 2. The van der Waals surface area contributed by atoms with E-state index in [4.69, 9.17) is 52.1 Å². The van der Waals surface area contributed by atoms with Gasteiger partial charge in [0.2, 0.25) is 0 Å². The molecule has 0 radical (unpaired) electrons. The Kier molecular flexibility index (Phi) is 3.84. The molecule has 0 saturated heterocycles. The van der Waals surface area contributed by atoms with Crippen LogP contribution in [0.2, 0.25) is 20.1 Å². The fourth-order valence-corrected chi connectivity index (χ4v) is 3.07. The number of aromatic nitrogens is 2. The zero-order chi connectivity index (χ0) is 15.1. The lowest BCUT2D eigenvalue weighted by Crippen LogP contribution is -1.99. The smallest absolute Gasteiger partial charge is 0.150 e. The number of fused-ring (bicyclic) bond motifs is 1. The van der Waals surface area contributed by atoms with E-state index in [9.17, 15) is 0 Å². The Hall–Kier alpha value is -1.26. The zero-order valence-electron chi connectivity index (χ0n) is 10.4. The van der Waals surface area contributed by atoms with E-state index < -0.39 is 0 Å². The number of halogens is 4. The Morgan fingerprint density at radius 2 is 1.43 bits per heavy atom. The quantitative estimate of drug-likeness (QED) is 0.462. The summed E-state index contributed by atoms with van der Waals surface area (Å²) in [5.41, 5.74) is 8.14. The second-order valence-corrected chi connectivity index (χ2v) is 5.86. The number of rotatable bonds is 1. The predicted molar refractivity (Wildman–Crippen MR) is 89.4 cm³/mol. The standard InChI is InChI=1S/C14H7Cl4N3/c15-6-5-7(16)11(17)12(18)10(6)13-14(19)21-9-4-2-1-3-8(9)20-13/h1-5H,(H2,19,21). The van der Waals surface area contributed by atoms with E-state index in [0.717, 1.165) is 0 Å². The summed E-state index contributed by atoms with van der Waals surface area (Å²) in [6.07, 6.45) is 0. The van der Waals surface area contributed by atoms with Crippen LogP contribution in [0, 0.1) is 0 Å². The molecule has 3 aromatic rings. The third-order valence-corrected chi connectivity index (χ3v) is 4.51. The molecule has 3 nitrogen and oxygen atoms in total. The monoisotopic (exact) mass is 357 g/mol. The molecule has 0 aliphatic rings. The van der Waals surface area contributed by atoms with E-state index >= 15 is 0 Å². The Bertz CT molecular complexity index is 864. The van der Waals surface area contributed by atoms with Crippen LogP contribution >= 0.6 is 46.4 Å². The van der Waals surface area contributed by atoms with Gasteiger partial charge in [-0.2, -0.15) is 0 Å². The van der Waals surface area contributed by atoms with E-state index in [0.29, 0.717) is 27.3 Å². The van der Waals surface area contributed by atoms with Crippen molar-refractivity contribution in [2.45, 2.75) is 0 Å². The molecule has 2 aromatic carbocycles. The van der Waals surface area contributed by atoms with Crippen LogP contribution in [0.5, 0.6) is 0 Å². The van der Waals surface area contributed by atoms with Gasteiger partial charge in [-0.25, -0.2) is 9.97 Å². The fourth-order valence-electron chi connectivity index (χ4n) is 1.98. The van der Waals surface area contributed by atoms with E-state index in [2.05, 4.69) is 9.97 Å². The van der Waals surface area contributed by atoms with Gasteiger partial charge in [-0.15, -0.1) is 0 Å². The normalized spacial score (nSPS) is 11.0. The molecule has 0 atom stereocenters. The van der Waals surface area contributed by atoms with Crippen LogP contribution in [-0.4, -0.2) is 9.97 Å².